The Hall–Kier alpha value is -1.56. The molecule has 1 amide bonds. The van der Waals surface area contributed by atoms with Crippen LogP contribution in [-0.2, 0) is 11.8 Å². The van der Waals surface area contributed by atoms with E-state index in [0.717, 1.165) is 0 Å². The maximum atomic E-state index is 12.3. The van der Waals surface area contributed by atoms with E-state index in [1.807, 2.05) is 0 Å². The van der Waals surface area contributed by atoms with E-state index >= 15 is 0 Å². The van der Waals surface area contributed by atoms with Gasteiger partial charge in [-0.15, -0.1) is 0 Å². The van der Waals surface area contributed by atoms with Crippen molar-refractivity contribution in [1.29, 1.82) is 0 Å². The fourth-order valence-electron chi connectivity index (χ4n) is 2.12. The lowest BCUT2D eigenvalue weighted by atomic mass is 10.2. The molecule has 2 heterocycles. The highest BCUT2D eigenvalue weighted by Crippen LogP contribution is 2.25. The quantitative estimate of drug-likeness (QED) is 0.873. The van der Waals surface area contributed by atoms with Gasteiger partial charge in [0.15, 0.2) is 5.69 Å². The van der Waals surface area contributed by atoms with Crippen molar-refractivity contribution in [3.63, 3.8) is 0 Å². The lowest BCUT2D eigenvalue weighted by Gasteiger charge is -2.20. The fraction of sp³-hybridized carbons (Fsp3) is 0.545. The van der Waals surface area contributed by atoms with Gasteiger partial charge in [0.1, 0.15) is 6.04 Å². The lowest BCUT2D eigenvalue weighted by molar-refractivity contribution is -0.141. The number of carbonyl (C=O) groups excluding carboxylic acids is 1. The van der Waals surface area contributed by atoms with Gasteiger partial charge in [0, 0.05) is 13.6 Å². The summed E-state index contributed by atoms with van der Waals surface area (Å²) in [6, 6.07) is -0.768. The molecule has 98 valence electrons. The maximum absolute atomic E-state index is 12.3. The van der Waals surface area contributed by atoms with Gasteiger partial charge in [-0.05, 0) is 19.8 Å². The van der Waals surface area contributed by atoms with Gasteiger partial charge in [-0.25, -0.2) is 4.79 Å². The minimum atomic E-state index is -0.982. The van der Waals surface area contributed by atoms with Crippen LogP contribution in [0.4, 0.5) is 0 Å². The summed E-state index contributed by atoms with van der Waals surface area (Å²) in [6.45, 7) is 2.19. The summed E-state index contributed by atoms with van der Waals surface area (Å²) >= 11 is 6.04. The van der Waals surface area contributed by atoms with Crippen LogP contribution in [0.1, 0.15) is 29.0 Å². The highest BCUT2D eigenvalue weighted by atomic mass is 35.5. The lowest BCUT2D eigenvalue weighted by Crippen LogP contribution is -2.40. The first-order valence-corrected chi connectivity index (χ1v) is 6.04. The average Bonchev–Trinajstić information content (AvgIpc) is 2.89. The van der Waals surface area contributed by atoms with Crippen molar-refractivity contribution in [2.45, 2.75) is 25.8 Å². The van der Waals surface area contributed by atoms with Gasteiger partial charge in [-0.2, -0.15) is 5.10 Å². The molecule has 1 aliphatic rings. The zero-order chi connectivity index (χ0) is 13.4. The Morgan fingerprint density at radius 2 is 2.17 bits per heavy atom. The predicted molar refractivity (Wildman–Crippen MR) is 64.6 cm³/mol. The van der Waals surface area contributed by atoms with Crippen molar-refractivity contribution < 1.29 is 14.7 Å². The molecule has 0 unspecified atom stereocenters. The van der Waals surface area contributed by atoms with E-state index in [1.165, 1.54) is 9.58 Å². The zero-order valence-electron chi connectivity index (χ0n) is 10.2. The Labute approximate surface area is 109 Å². The molecule has 1 N–H and O–H groups in total. The normalized spacial score (nSPS) is 19.3. The molecule has 1 aromatic heterocycles. The summed E-state index contributed by atoms with van der Waals surface area (Å²) in [5.74, 6) is -1.39. The number of carbonyl (C=O) groups is 2. The Bertz CT molecular complexity index is 512. The molecule has 6 nitrogen and oxygen atoms in total. The molecule has 1 fully saturated rings. The van der Waals surface area contributed by atoms with E-state index in [9.17, 15) is 9.59 Å². The summed E-state index contributed by atoms with van der Waals surface area (Å²) in [6.07, 6.45) is 1.16. The highest BCUT2D eigenvalue weighted by Gasteiger charge is 2.36. The van der Waals surface area contributed by atoms with Crippen molar-refractivity contribution in [2.24, 2.45) is 7.05 Å². The number of aliphatic carboxylic acids is 1. The Morgan fingerprint density at radius 3 is 2.67 bits per heavy atom. The second-order valence-electron chi connectivity index (χ2n) is 4.37. The Kier molecular flexibility index (Phi) is 3.30. The third kappa shape index (κ3) is 1.96. The van der Waals surface area contributed by atoms with Gasteiger partial charge >= 0.3 is 5.97 Å². The summed E-state index contributed by atoms with van der Waals surface area (Å²) in [5, 5.41) is 13.4. The number of rotatable bonds is 2. The van der Waals surface area contributed by atoms with Crippen LogP contribution in [0.15, 0.2) is 0 Å². The number of aromatic nitrogens is 2. The molecular formula is C11H14ClN3O3. The van der Waals surface area contributed by atoms with Crippen LogP contribution in [-0.4, -0.2) is 44.3 Å². The fourth-order valence-corrected chi connectivity index (χ4v) is 2.36. The van der Waals surface area contributed by atoms with Crippen LogP contribution >= 0.6 is 11.6 Å². The number of amides is 1. The zero-order valence-corrected chi connectivity index (χ0v) is 10.9. The van der Waals surface area contributed by atoms with Crippen molar-refractivity contribution in [3.8, 4) is 0 Å². The molecule has 1 atom stereocenters. The number of carboxylic acids is 1. The molecule has 0 aromatic carbocycles. The molecule has 2 rings (SSSR count). The molecule has 0 aliphatic carbocycles. The van der Waals surface area contributed by atoms with Crippen LogP contribution in [0.25, 0.3) is 0 Å². The van der Waals surface area contributed by atoms with Crippen LogP contribution in [0.2, 0.25) is 5.02 Å². The van der Waals surface area contributed by atoms with E-state index in [1.54, 1.807) is 14.0 Å². The first kappa shape index (κ1) is 12.9. The van der Waals surface area contributed by atoms with Crippen molar-refractivity contribution in [3.05, 3.63) is 16.4 Å². The van der Waals surface area contributed by atoms with Crippen LogP contribution in [0, 0.1) is 6.92 Å². The van der Waals surface area contributed by atoms with E-state index in [-0.39, 0.29) is 5.69 Å². The first-order chi connectivity index (χ1) is 8.43. The first-order valence-electron chi connectivity index (χ1n) is 5.66. The summed E-state index contributed by atoms with van der Waals surface area (Å²) < 4.78 is 1.52. The summed E-state index contributed by atoms with van der Waals surface area (Å²) in [7, 11) is 1.69. The average molecular weight is 272 g/mol. The molecule has 0 spiro atoms. The molecule has 0 bridgehead atoms. The van der Waals surface area contributed by atoms with Gasteiger partial charge in [0.2, 0.25) is 0 Å². The Morgan fingerprint density at radius 1 is 1.50 bits per heavy atom. The smallest absolute Gasteiger partial charge is 0.326 e. The van der Waals surface area contributed by atoms with Crippen LogP contribution in [0.3, 0.4) is 0 Å². The number of carboxylic acid groups (broad SMARTS) is 1. The SMILES string of the molecule is Cc1c(Cl)c(C(=O)N2CCC[C@@H]2C(=O)O)nn1C. The molecule has 1 saturated heterocycles. The molecular weight excluding hydrogens is 258 g/mol. The number of hydrogen-bond acceptors (Lipinski definition) is 3. The molecule has 18 heavy (non-hydrogen) atoms. The van der Waals surface area contributed by atoms with Gasteiger partial charge in [-0.1, -0.05) is 11.6 Å². The second kappa shape index (κ2) is 4.61. The van der Waals surface area contributed by atoms with Gasteiger partial charge in [0.05, 0.1) is 10.7 Å². The Balaban J connectivity index is 2.31. The molecule has 0 saturated carbocycles. The topological polar surface area (TPSA) is 75.4 Å². The number of nitrogens with zero attached hydrogens (tertiary/aromatic N) is 3. The number of hydrogen-bond donors (Lipinski definition) is 1. The van der Waals surface area contributed by atoms with Gasteiger partial charge in [-0.3, -0.25) is 9.48 Å². The third-order valence-corrected chi connectivity index (χ3v) is 3.71. The maximum Gasteiger partial charge on any atom is 0.326 e. The third-order valence-electron chi connectivity index (χ3n) is 3.26. The van der Waals surface area contributed by atoms with E-state index in [0.29, 0.717) is 30.1 Å². The minimum Gasteiger partial charge on any atom is -0.480 e. The standard InChI is InChI=1S/C11H14ClN3O3/c1-6-8(12)9(13-14(6)2)10(16)15-5-3-4-7(15)11(17)18/h7H,3-5H2,1-2H3,(H,17,18)/t7-/m1/s1. The predicted octanol–water partition coefficient (Wildman–Crippen LogP) is 1.07. The molecule has 1 aliphatic heterocycles. The number of aryl methyl sites for hydroxylation is 1. The van der Waals surface area contributed by atoms with E-state index in [4.69, 9.17) is 16.7 Å². The van der Waals surface area contributed by atoms with Crippen LogP contribution in [0.5, 0.6) is 0 Å². The van der Waals surface area contributed by atoms with Gasteiger partial charge in [0.25, 0.3) is 5.91 Å². The summed E-state index contributed by atoms with van der Waals surface area (Å²) in [5.41, 5.74) is 0.816. The van der Waals surface area contributed by atoms with Crippen molar-refractivity contribution in [2.75, 3.05) is 6.54 Å². The number of halogens is 1. The van der Waals surface area contributed by atoms with Crippen LogP contribution < -0.4 is 0 Å². The molecule has 7 heteroatoms. The number of likely N-dealkylation sites (tertiary alicyclic amines) is 1. The minimum absolute atomic E-state index is 0.129. The highest BCUT2D eigenvalue weighted by molar-refractivity contribution is 6.34. The van der Waals surface area contributed by atoms with E-state index < -0.39 is 17.9 Å². The molecule has 1 aromatic rings. The van der Waals surface area contributed by atoms with Crippen molar-refractivity contribution in [1.82, 2.24) is 14.7 Å². The second-order valence-corrected chi connectivity index (χ2v) is 4.74. The van der Waals surface area contributed by atoms with E-state index in [2.05, 4.69) is 5.10 Å². The largest absolute Gasteiger partial charge is 0.480 e. The summed E-state index contributed by atoms with van der Waals surface area (Å²) in [4.78, 5) is 24.6. The van der Waals surface area contributed by atoms with Crippen molar-refractivity contribution >= 4 is 23.5 Å². The monoisotopic (exact) mass is 271 g/mol. The molecule has 0 radical (unpaired) electrons. The van der Waals surface area contributed by atoms with Gasteiger partial charge < -0.3 is 10.0 Å².